The lowest BCUT2D eigenvalue weighted by Crippen LogP contribution is -2.02. The van der Waals surface area contributed by atoms with Crippen LogP contribution >= 0.6 is 0 Å². The highest BCUT2D eigenvalue weighted by Gasteiger charge is 2.28. The highest BCUT2D eigenvalue weighted by atomic mass is 16.5. The van der Waals surface area contributed by atoms with Gasteiger partial charge in [-0.25, -0.2) is 0 Å². The number of hydrogen-bond acceptors (Lipinski definition) is 5. The molecule has 2 N–H and O–H groups in total. The van der Waals surface area contributed by atoms with Crippen LogP contribution in [0.1, 0.15) is 30.5 Å². The molecule has 0 radical (unpaired) electrons. The third-order valence-electron chi connectivity index (χ3n) is 2.87. The molecule has 18 heavy (non-hydrogen) atoms. The molecule has 1 aliphatic carbocycles. The van der Waals surface area contributed by atoms with Crippen LogP contribution in [0, 0.1) is 0 Å². The quantitative estimate of drug-likeness (QED) is 0.817. The fraction of sp³-hybridized carbons (Fsp3) is 0.385. The Kier molecular flexibility index (Phi) is 2.88. The van der Waals surface area contributed by atoms with Gasteiger partial charge in [-0.15, -0.1) is 0 Å². The van der Waals surface area contributed by atoms with Gasteiger partial charge in [-0.3, -0.25) is 0 Å². The zero-order valence-corrected chi connectivity index (χ0v) is 10.0. The second kappa shape index (κ2) is 4.68. The van der Waals surface area contributed by atoms with Gasteiger partial charge < -0.3 is 15.0 Å². The SMILES string of the molecule is Nc1cccc(OCCc2nc(C3CC3)no2)c1. The summed E-state index contributed by atoms with van der Waals surface area (Å²) in [6.07, 6.45) is 2.98. The molecule has 0 atom stereocenters. The predicted molar refractivity (Wildman–Crippen MR) is 66.3 cm³/mol. The second-order valence-corrected chi connectivity index (χ2v) is 4.49. The highest BCUT2D eigenvalue weighted by Crippen LogP contribution is 2.38. The Morgan fingerprint density at radius 2 is 2.28 bits per heavy atom. The molecular weight excluding hydrogens is 230 g/mol. The normalized spacial score (nSPS) is 14.7. The van der Waals surface area contributed by atoms with Crippen LogP contribution in [0.5, 0.6) is 5.75 Å². The minimum absolute atomic E-state index is 0.510. The molecule has 0 bridgehead atoms. The van der Waals surface area contributed by atoms with E-state index in [4.69, 9.17) is 15.0 Å². The molecule has 2 aromatic rings. The number of nitrogen functional groups attached to an aromatic ring is 1. The maximum Gasteiger partial charge on any atom is 0.230 e. The van der Waals surface area contributed by atoms with Crippen molar-refractivity contribution >= 4 is 5.69 Å². The first-order valence-corrected chi connectivity index (χ1v) is 6.12. The fourth-order valence-electron chi connectivity index (χ4n) is 1.74. The molecule has 0 saturated heterocycles. The fourth-order valence-corrected chi connectivity index (χ4v) is 1.74. The Morgan fingerprint density at radius 1 is 1.39 bits per heavy atom. The van der Waals surface area contributed by atoms with Gasteiger partial charge in [0.15, 0.2) is 5.82 Å². The average molecular weight is 245 g/mol. The molecule has 5 heteroatoms. The van der Waals surface area contributed by atoms with Crippen molar-refractivity contribution in [3.63, 3.8) is 0 Å². The lowest BCUT2D eigenvalue weighted by Gasteiger charge is -2.04. The minimum atomic E-state index is 0.510. The Bertz CT molecular complexity index is 535. The standard InChI is InChI=1S/C13H15N3O2/c14-10-2-1-3-11(8-10)17-7-6-12-15-13(16-18-12)9-4-5-9/h1-3,8-9H,4-7,14H2. The molecule has 0 amide bonds. The number of aromatic nitrogens is 2. The van der Waals surface area contributed by atoms with Gasteiger partial charge in [-0.05, 0) is 25.0 Å². The third kappa shape index (κ3) is 2.61. The molecule has 1 aliphatic rings. The van der Waals surface area contributed by atoms with E-state index < -0.39 is 0 Å². The summed E-state index contributed by atoms with van der Waals surface area (Å²) < 4.78 is 10.7. The van der Waals surface area contributed by atoms with Crippen LogP contribution in [0.3, 0.4) is 0 Å². The largest absolute Gasteiger partial charge is 0.493 e. The van der Waals surface area contributed by atoms with Crippen LogP contribution in [0.15, 0.2) is 28.8 Å². The molecule has 5 nitrogen and oxygen atoms in total. The minimum Gasteiger partial charge on any atom is -0.493 e. The van der Waals surface area contributed by atoms with Crippen LogP contribution in [0.2, 0.25) is 0 Å². The van der Waals surface area contributed by atoms with Crippen LogP contribution in [-0.4, -0.2) is 16.7 Å². The number of ether oxygens (including phenoxy) is 1. The van der Waals surface area contributed by atoms with E-state index in [2.05, 4.69) is 10.1 Å². The summed E-state index contributed by atoms with van der Waals surface area (Å²) in [6.45, 7) is 0.510. The number of nitrogens with zero attached hydrogens (tertiary/aromatic N) is 2. The molecule has 1 aromatic carbocycles. The molecule has 94 valence electrons. The summed E-state index contributed by atoms with van der Waals surface area (Å²) in [5.41, 5.74) is 6.36. The first kappa shape index (κ1) is 11.1. The summed E-state index contributed by atoms with van der Waals surface area (Å²) >= 11 is 0. The second-order valence-electron chi connectivity index (χ2n) is 4.49. The molecule has 0 aliphatic heterocycles. The maximum absolute atomic E-state index is 5.66. The zero-order valence-electron chi connectivity index (χ0n) is 10.0. The molecule has 3 rings (SSSR count). The van der Waals surface area contributed by atoms with E-state index in [1.54, 1.807) is 6.07 Å². The van der Waals surface area contributed by atoms with Gasteiger partial charge in [0.25, 0.3) is 0 Å². The van der Waals surface area contributed by atoms with Crippen LogP contribution < -0.4 is 10.5 Å². The van der Waals surface area contributed by atoms with Gasteiger partial charge in [0.1, 0.15) is 5.75 Å². The number of benzene rings is 1. The summed E-state index contributed by atoms with van der Waals surface area (Å²) in [7, 11) is 0. The third-order valence-corrected chi connectivity index (χ3v) is 2.87. The van der Waals surface area contributed by atoms with E-state index in [9.17, 15) is 0 Å². The summed E-state index contributed by atoms with van der Waals surface area (Å²) in [5, 5.41) is 3.96. The van der Waals surface area contributed by atoms with Crippen molar-refractivity contribution in [1.82, 2.24) is 10.1 Å². The monoisotopic (exact) mass is 245 g/mol. The van der Waals surface area contributed by atoms with Crippen molar-refractivity contribution < 1.29 is 9.26 Å². The average Bonchev–Trinajstić information content (AvgIpc) is 3.10. The summed E-state index contributed by atoms with van der Waals surface area (Å²) in [5.74, 6) is 2.77. The first-order chi connectivity index (χ1) is 8.81. The van der Waals surface area contributed by atoms with Crippen LogP contribution in [0.4, 0.5) is 5.69 Å². The van der Waals surface area contributed by atoms with Crippen molar-refractivity contribution in [1.29, 1.82) is 0 Å². The van der Waals surface area contributed by atoms with E-state index in [0.717, 1.165) is 11.6 Å². The smallest absolute Gasteiger partial charge is 0.230 e. The van der Waals surface area contributed by atoms with E-state index in [-0.39, 0.29) is 0 Å². The summed E-state index contributed by atoms with van der Waals surface area (Å²) in [6, 6.07) is 7.36. The molecule has 1 heterocycles. The predicted octanol–water partition coefficient (Wildman–Crippen LogP) is 2.15. The molecule has 0 spiro atoms. The van der Waals surface area contributed by atoms with Gasteiger partial charge in [0.2, 0.25) is 5.89 Å². The van der Waals surface area contributed by atoms with Gasteiger partial charge in [0.05, 0.1) is 13.0 Å². The molecule has 1 fully saturated rings. The Morgan fingerprint density at radius 3 is 3.06 bits per heavy atom. The van der Waals surface area contributed by atoms with Crippen LogP contribution in [-0.2, 0) is 6.42 Å². The number of hydrogen-bond donors (Lipinski definition) is 1. The first-order valence-electron chi connectivity index (χ1n) is 6.12. The Balaban J connectivity index is 1.51. The van der Waals surface area contributed by atoms with Crippen molar-refractivity contribution in [3.05, 3.63) is 36.0 Å². The van der Waals surface area contributed by atoms with Crippen molar-refractivity contribution in [2.75, 3.05) is 12.3 Å². The Labute approximate surface area is 105 Å². The van der Waals surface area contributed by atoms with Gasteiger partial charge in [0, 0.05) is 17.7 Å². The van der Waals surface area contributed by atoms with E-state index >= 15 is 0 Å². The highest BCUT2D eigenvalue weighted by molar-refractivity contribution is 5.43. The topological polar surface area (TPSA) is 74.2 Å². The van der Waals surface area contributed by atoms with Gasteiger partial charge >= 0.3 is 0 Å². The molecule has 0 unspecified atom stereocenters. The zero-order chi connectivity index (χ0) is 12.4. The molecule has 1 aromatic heterocycles. The lowest BCUT2D eigenvalue weighted by molar-refractivity contribution is 0.292. The Hall–Kier alpha value is -2.04. The number of nitrogens with two attached hydrogens (primary N) is 1. The van der Waals surface area contributed by atoms with Crippen LogP contribution in [0.25, 0.3) is 0 Å². The van der Waals surface area contributed by atoms with Crippen molar-refractivity contribution in [2.45, 2.75) is 25.2 Å². The lowest BCUT2D eigenvalue weighted by atomic mass is 10.3. The van der Waals surface area contributed by atoms with E-state index in [1.165, 1.54) is 12.8 Å². The summed E-state index contributed by atoms with van der Waals surface area (Å²) in [4.78, 5) is 4.34. The maximum atomic E-state index is 5.66. The van der Waals surface area contributed by atoms with E-state index in [0.29, 0.717) is 30.5 Å². The number of rotatable bonds is 5. The van der Waals surface area contributed by atoms with Crippen molar-refractivity contribution in [3.8, 4) is 5.75 Å². The molecule has 1 saturated carbocycles. The number of anilines is 1. The van der Waals surface area contributed by atoms with Gasteiger partial charge in [-0.1, -0.05) is 11.2 Å². The van der Waals surface area contributed by atoms with E-state index in [1.807, 2.05) is 18.2 Å². The molecular formula is C13H15N3O2. The van der Waals surface area contributed by atoms with Gasteiger partial charge in [-0.2, -0.15) is 4.98 Å². The van der Waals surface area contributed by atoms with Crippen molar-refractivity contribution in [2.24, 2.45) is 0 Å².